The summed E-state index contributed by atoms with van der Waals surface area (Å²) in [6.45, 7) is 6.26. The van der Waals surface area contributed by atoms with Crippen LogP contribution in [0.5, 0.6) is 0 Å². The van der Waals surface area contributed by atoms with Crippen molar-refractivity contribution in [1.82, 2.24) is 15.1 Å². The van der Waals surface area contributed by atoms with Gasteiger partial charge in [-0.05, 0) is 19.8 Å². The molecular formula is C11H21N3O. The smallest absolute Gasteiger partial charge is 0.0534 e. The fourth-order valence-electron chi connectivity index (χ4n) is 1.44. The number of hydrogen-bond acceptors (Lipinski definition) is 3. The minimum Gasteiger partial charge on any atom is -0.396 e. The molecule has 0 aliphatic heterocycles. The van der Waals surface area contributed by atoms with Crippen LogP contribution in [-0.4, -0.2) is 27.5 Å². The Balaban J connectivity index is 2.30. The van der Waals surface area contributed by atoms with E-state index in [-0.39, 0.29) is 6.61 Å². The molecule has 0 aliphatic carbocycles. The van der Waals surface area contributed by atoms with Crippen molar-refractivity contribution < 1.29 is 5.11 Å². The third-order valence-electron chi connectivity index (χ3n) is 2.36. The largest absolute Gasteiger partial charge is 0.396 e. The van der Waals surface area contributed by atoms with E-state index >= 15 is 0 Å². The highest BCUT2D eigenvalue weighted by molar-refractivity contribution is 5.03. The Morgan fingerprint density at radius 2 is 2.40 bits per heavy atom. The van der Waals surface area contributed by atoms with Gasteiger partial charge in [-0.15, -0.1) is 0 Å². The van der Waals surface area contributed by atoms with Crippen LogP contribution in [0, 0.1) is 0 Å². The monoisotopic (exact) mass is 211 g/mol. The summed E-state index contributed by atoms with van der Waals surface area (Å²) in [6, 6.07) is 0.351. The molecule has 1 rings (SSSR count). The SMILES string of the molecule is CCCn1cc(CN[C@H](C)CCO)cn1. The highest BCUT2D eigenvalue weighted by Crippen LogP contribution is 2.00. The Kier molecular flexibility index (Phi) is 5.36. The van der Waals surface area contributed by atoms with Crippen molar-refractivity contribution in [3.63, 3.8) is 0 Å². The predicted octanol–water partition coefficient (Wildman–Crippen LogP) is 1.15. The molecule has 1 atom stereocenters. The van der Waals surface area contributed by atoms with Gasteiger partial charge in [0.05, 0.1) is 6.20 Å². The highest BCUT2D eigenvalue weighted by atomic mass is 16.3. The average molecular weight is 211 g/mol. The van der Waals surface area contributed by atoms with Crippen LogP contribution in [0.4, 0.5) is 0 Å². The van der Waals surface area contributed by atoms with Crippen LogP contribution in [0.3, 0.4) is 0 Å². The van der Waals surface area contributed by atoms with Gasteiger partial charge in [0.15, 0.2) is 0 Å². The molecule has 1 aromatic heterocycles. The standard InChI is InChI=1S/C11H21N3O/c1-3-5-14-9-11(8-13-14)7-12-10(2)4-6-15/h8-10,12,15H,3-7H2,1-2H3/t10-/m1/s1. The molecule has 0 radical (unpaired) electrons. The van der Waals surface area contributed by atoms with Crippen LogP contribution in [0.15, 0.2) is 12.4 Å². The molecule has 0 saturated carbocycles. The minimum atomic E-state index is 0.239. The number of hydrogen-bond donors (Lipinski definition) is 2. The van der Waals surface area contributed by atoms with Crippen LogP contribution >= 0.6 is 0 Å². The Morgan fingerprint density at radius 1 is 1.60 bits per heavy atom. The van der Waals surface area contributed by atoms with Gasteiger partial charge in [0.25, 0.3) is 0 Å². The van der Waals surface area contributed by atoms with E-state index in [2.05, 4.69) is 30.5 Å². The Labute approximate surface area is 91.3 Å². The van der Waals surface area contributed by atoms with Crippen molar-refractivity contribution in [2.75, 3.05) is 6.61 Å². The van der Waals surface area contributed by atoms with E-state index < -0.39 is 0 Å². The van der Waals surface area contributed by atoms with E-state index in [9.17, 15) is 0 Å². The summed E-state index contributed by atoms with van der Waals surface area (Å²) < 4.78 is 1.97. The van der Waals surface area contributed by atoms with Crippen molar-refractivity contribution in [2.24, 2.45) is 0 Å². The van der Waals surface area contributed by atoms with E-state index in [4.69, 9.17) is 5.11 Å². The van der Waals surface area contributed by atoms with Gasteiger partial charge in [-0.3, -0.25) is 4.68 Å². The van der Waals surface area contributed by atoms with Gasteiger partial charge in [0.2, 0.25) is 0 Å². The molecule has 0 spiro atoms. The van der Waals surface area contributed by atoms with E-state index in [0.717, 1.165) is 25.9 Å². The van der Waals surface area contributed by atoms with Crippen molar-refractivity contribution in [2.45, 2.75) is 45.8 Å². The number of aliphatic hydroxyl groups is 1. The van der Waals surface area contributed by atoms with Crippen molar-refractivity contribution in [3.8, 4) is 0 Å². The van der Waals surface area contributed by atoms with Gasteiger partial charge in [-0.1, -0.05) is 6.92 Å². The Hall–Kier alpha value is -0.870. The highest BCUT2D eigenvalue weighted by Gasteiger charge is 2.02. The van der Waals surface area contributed by atoms with Gasteiger partial charge >= 0.3 is 0 Å². The van der Waals surface area contributed by atoms with Crippen molar-refractivity contribution in [3.05, 3.63) is 18.0 Å². The summed E-state index contributed by atoms with van der Waals surface area (Å²) in [4.78, 5) is 0. The number of nitrogens with zero attached hydrogens (tertiary/aromatic N) is 2. The topological polar surface area (TPSA) is 50.1 Å². The van der Waals surface area contributed by atoms with E-state index in [0.29, 0.717) is 6.04 Å². The number of rotatable bonds is 7. The number of aryl methyl sites for hydroxylation is 1. The summed E-state index contributed by atoms with van der Waals surface area (Å²) in [7, 11) is 0. The van der Waals surface area contributed by atoms with Crippen molar-refractivity contribution in [1.29, 1.82) is 0 Å². The molecule has 0 aromatic carbocycles. The third kappa shape index (κ3) is 4.44. The van der Waals surface area contributed by atoms with Gasteiger partial charge in [-0.2, -0.15) is 5.10 Å². The first-order valence-electron chi connectivity index (χ1n) is 5.61. The molecule has 15 heavy (non-hydrogen) atoms. The maximum absolute atomic E-state index is 8.75. The van der Waals surface area contributed by atoms with Gasteiger partial charge < -0.3 is 10.4 Å². The normalized spacial score (nSPS) is 13.0. The van der Waals surface area contributed by atoms with Crippen LogP contribution in [0.2, 0.25) is 0 Å². The maximum Gasteiger partial charge on any atom is 0.0534 e. The molecule has 4 heteroatoms. The van der Waals surface area contributed by atoms with Gasteiger partial charge in [-0.25, -0.2) is 0 Å². The van der Waals surface area contributed by atoms with E-state index in [1.165, 1.54) is 5.56 Å². The summed E-state index contributed by atoms with van der Waals surface area (Å²) >= 11 is 0. The van der Waals surface area contributed by atoms with Crippen molar-refractivity contribution >= 4 is 0 Å². The quantitative estimate of drug-likeness (QED) is 0.711. The van der Waals surface area contributed by atoms with Crippen LogP contribution in [0.25, 0.3) is 0 Å². The first-order chi connectivity index (χ1) is 7.26. The first-order valence-corrected chi connectivity index (χ1v) is 5.61. The van der Waals surface area contributed by atoms with Crippen LogP contribution in [0.1, 0.15) is 32.3 Å². The molecule has 0 fully saturated rings. The minimum absolute atomic E-state index is 0.239. The molecule has 0 bridgehead atoms. The van der Waals surface area contributed by atoms with E-state index in [1.54, 1.807) is 0 Å². The lowest BCUT2D eigenvalue weighted by Crippen LogP contribution is -2.26. The molecule has 4 nitrogen and oxygen atoms in total. The first kappa shape index (κ1) is 12.2. The average Bonchev–Trinajstić information content (AvgIpc) is 2.64. The van der Waals surface area contributed by atoms with E-state index in [1.807, 2.05) is 10.9 Å². The predicted molar refractivity (Wildman–Crippen MR) is 60.5 cm³/mol. The fraction of sp³-hybridized carbons (Fsp3) is 0.727. The summed E-state index contributed by atoms with van der Waals surface area (Å²) in [6.07, 6.45) is 5.87. The number of aliphatic hydroxyl groups excluding tert-OH is 1. The molecule has 86 valence electrons. The lowest BCUT2D eigenvalue weighted by molar-refractivity contribution is 0.268. The zero-order chi connectivity index (χ0) is 11.1. The zero-order valence-corrected chi connectivity index (χ0v) is 9.61. The maximum atomic E-state index is 8.75. The molecule has 0 aliphatic rings. The van der Waals surface area contributed by atoms with Gasteiger partial charge in [0, 0.05) is 37.5 Å². The molecular weight excluding hydrogens is 190 g/mol. The summed E-state index contributed by atoms with van der Waals surface area (Å²) in [5.41, 5.74) is 1.20. The second-order valence-electron chi connectivity index (χ2n) is 3.91. The lowest BCUT2D eigenvalue weighted by atomic mass is 10.2. The molecule has 1 heterocycles. The van der Waals surface area contributed by atoms with Gasteiger partial charge in [0.1, 0.15) is 0 Å². The second kappa shape index (κ2) is 6.58. The van der Waals surface area contributed by atoms with Crippen LogP contribution < -0.4 is 5.32 Å². The van der Waals surface area contributed by atoms with Crippen LogP contribution in [-0.2, 0) is 13.1 Å². The number of nitrogens with one attached hydrogen (secondary N) is 1. The Bertz CT molecular complexity index is 273. The summed E-state index contributed by atoms with van der Waals surface area (Å²) in [5, 5.41) is 16.4. The number of aromatic nitrogens is 2. The third-order valence-corrected chi connectivity index (χ3v) is 2.36. The molecule has 0 amide bonds. The summed E-state index contributed by atoms with van der Waals surface area (Å²) in [5.74, 6) is 0. The molecule has 0 unspecified atom stereocenters. The molecule has 2 N–H and O–H groups in total. The lowest BCUT2D eigenvalue weighted by Gasteiger charge is -2.10. The fourth-order valence-corrected chi connectivity index (χ4v) is 1.44. The molecule has 0 saturated heterocycles. The second-order valence-corrected chi connectivity index (χ2v) is 3.91. The Morgan fingerprint density at radius 3 is 3.07 bits per heavy atom. The zero-order valence-electron chi connectivity index (χ0n) is 9.61. The molecule has 1 aromatic rings.